The molecule has 0 bridgehead atoms. The van der Waals surface area contributed by atoms with E-state index in [-0.39, 0.29) is 11.8 Å². The van der Waals surface area contributed by atoms with E-state index in [1.807, 2.05) is 12.1 Å². The van der Waals surface area contributed by atoms with Crippen molar-refractivity contribution in [3.63, 3.8) is 0 Å². The Morgan fingerprint density at radius 1 is 1.22 bits per heavy atom. The largest absolute Gasteiger partial charge is 0.383 e. The average molecular weight is 386 g/mol. The molecule has 3 rings (SSSR count). The van der Waals surface area contributed by atoms with Crippen LogP contribution in [0.15, 0.2) is 35.7 Å². The van der Waals surface area contributed by atoms with Gasteiger partial charge in [-0.05, 0) is 12.1 Å². The molecular weight excluding hydrogens is 364 g/mol. The van der Waals surface area contributed by atoms with Gasteiger partial charge in [0.2, 0.25) is 5.91 Å². The van der Waals surface area contributed by atoms with Crippen LogP contribution in [-0.4, -0.2) is 48.2 Å². The van der Waals surface area contributed by atoms with Crippen LogP contribution in [0.4, 0.5) is 0 Å². The summed E-state index contributed by atoms with van der Waals surface area (Å²) in [7, 11) is 1.68. The molecule has 2 amide bonds. The number of para-hydroxylation sites is 1. The first-order valence-electron chi connectivity index (χ1n) is 8.66. The van der Waals surface area contributed by atoms with E-state index in [0.29, 0.717) is 31.9 Å². The third kappa shape index (κ3) is 4.53. The van der Waals surface area contributed by atoms with E-state index in [0.717, 1.165) is 21.6 Å². The number of fused-ring (bicyclic) bond motifs is 1. The number of ether oxygens (including phenoxy) is 1. The second kappa shape index (κ2) is 8.79. The highest BCUT2D eigenvalue weighted by Crippen LogP contribution is 2.30. The molecule has 8 heteroatoms. The van der Waals surface area contributed by atoms with Crippen LogP contribution in [0.25, 0.3) is 21.6 Å². The van der Waals surface area contributed by atoms with Crippen LogP contribution in [0.2, 0.25) is 0 Å². The molecule has 0 aliphatic carbocycles. The Morgan fingerprint density at radius 3 is 2.78 bits per heavy atom. The van der Waals surface area contributed by atoms with Crippen molar-refractivity contribution < 1.29 is 14.3 Å². The van der Waals surface area contributed by atoms with Crippen molar-refractivity contribution in [2.24, 2.45) is 0 Å². The number of carbonyl (C=O) groups is 2. The van der Waals surface area contributed by atoms with Gasteiger partial charge >= 0.3 is 0 Å². The molecule has 0 saturated carbocycles. The molecule has 27 heavy (non-hydrogen) atoms. The topological polar surface area (TPSA) is 85.2 Å². The molecule has 3 aromatic rings. The Labute approximate surface area is 161 Å². The number of hydrogen-bond acceptors (Lipinski definition) is 5. The maximum atomic E-state index is 12.3. The molecule has 0 unspecified atom stereocenters. The number of thiazole rings is 1. The van der Waals surface area contributed by atoms with Gasteiger partial charge in [-0.3, -0.25) is 9.59 Å². The van der Waals surface area contributed by atoms with Crippen molar-refractivity contribution in [1.29, 1.82) is 0 Å². The van der Waals surface area contributed by atoms with Gasteiger partial charge in [-0.15, -0.1) is 11.3 Å². The monoisotopic (exact) mass is 386 g/mol. The zero-order valence-corrected chi connectivity index (χ0v) is 16.1. The summed E-state index contributed by atoms with van der Waals surface area (Å²) in [6, 6.07) is 10.2. The number of carbonyl (C=O) groups excluding carboxylic acids is 2. The SMILES string of the molecule is COCCn1c(-c2nc(C(=O)NCCNC(C)=O)cs2)cc2ccccc21. The molecule has 7 nitrogen and oxygen atoms in total. The van der Waals surface area contributed by atoms with Gasteiger partial charge in [0.1, 0.15) is 10.7 Å². The second-order valence-corrected chi connectivity index (χ2v) is 6.87. The molecular formula is C19H22N4O3S. The molecule has 2 N–H and O–H groups in total. The zero-order valence-electron chi connectivity index (χ0n) is 15.3. The molecule has 142 valence electrons. The highest BCUT2D eigenvalue weighted by atomic mass is 32.1. The lowest BCUT2D eigenvalue weighted by molar-refractivity contribution is -0.118. The third-order valence-electron chi connectivity index (χ3n) is 4.07. The van der Waals surface area contributed by atoms with Crippen LogP contribution < -0.4 is 10.6 Å². The van der Waals surface area contributed by atoms with E-state index in [2.05, 4.69) is 38.4 Å². The van der Waals surface area contributed by atoms with E-state index in [4.69, 9.17) is 4.74 Å². The summed E-state index contributed by atoms with van der Waals surface area (Å²) in [4.78, 5) is 27.6. The fourth-order valence-electron chi connectivity index (χ4n) is 2.81. The van der Waals surface area contributed by atoms with Gasteiger partial charge in [0.15, 0.2) is 0 Å². The van der Waals surface area contributed by atoms with Crippen molar-refractivity contribution in [1.82, 2.24) is 20.2 Å². The second-order valence-electron chi connectivity index (χ2n) is 6.01. The zero-order chi connectivity index (χ0) is 19.2. The first kappa shape index (κ1) is 19.1. The van der Waals surface area contributed by atoms with Gasteiger partial charge < -0.3 is 19.9 Å². The fraction of sp³-hybridized carbons (Fsp3) is 0.316. The Balaban J connectivity index is 1.79. The highest BCUT2D eigenvalue weighted by molar-refractivity contribution is 7.13. The number of benzene rings is 1. The number of nitrogens with one attached hydrogen (secondary N) is 2. The minimum Gasteiger partial charge on any atom is -0.383 e. The van der Waals surface area contributed by atoms with E-state index in [1.54, 1.807) is 12.5 Å². The van der Waals surface area contributed by atoms with E-state index in [1.165, 1.54) is 18.3 Å². The normalized spacial score (nSPS) is 10.9. The Kier molecular flexibility index (Phi) is 6.20. The highest BCUT2D eigenvalue weighted by Gasteiger charge is 2.16. The molecule has 0 atom stereocenters. The quantitative estimate of drug-likeness (QED) is 0.582. The molecule has 1 aromatic carbocycles. The lowest BCUT2D eigenvalue weighted by atomic mass is 10.2. The summed E-state index contributed by atoms with van der Waals surface area (Å²) in [5.41, 5.74) is 2.46. The number of amides is 2. The summed E-state index contributed by atoms with van der Waals surface area (Å²) in [6.07, 6.45) is 0. The molecule has 0 aliphatic heterocycles. The lowest BCUT2D eigenvalue weighted by Crippen LogP contribution is -2.33. The van der Waals surface area contributed by atoms with Crippen LogP contribution in [-0.2, 0) is 16.1 Å². The van der Waals surface area contributed by atoms with Crippen LogP contribution in [0.5, 0.6) is 0 Å². The standard InChI is InChI=1S/C19H22N4O3S/c1-13(24)20-7-8-21-18(25)15-12-27-19(22-15)17-11-14-5-3-4-6-16(14)23(17)9-10-26-2/h3-6,11-12H,7-10H2,1-2H3,(H,20,24)(H,21,25). The van der Waals surface area contributed by atoms with Crippen LogP contribution in [0, 0.1) is 0 Å². The number of methoxy groups -OCH3 is 1. The van der Waals surface area contributed by atoms with Crippen molar-refractivity contribution >= 4 is 34.1 Å². The van der Waals surface area contributed by atoms with E-state index >= 15 is 0 Å². The molecule has 0 aliphatic rings. The van der Waals surface area contributed by atoms with Gasteiger partial charge in [0.25, 0.3) is 5.91 Å². The first-order valence-corrected chi connectivity index (χ1v) is 9.54. The molecule has 2 aromatic heterocycles. The molecule has 0 fully saturated rings. The third-order valence-corrected chi connectivity index (χ3v) is 4.93. The summed E-state index contributed by atoms with van der Waals surface area (Å²) in [5, 5.41) is 9.06. The van der Waals surface area contributed by atoms with Gasteiger partial charge in [-0.2, -0.15) is 0 Å². The van der Waals surface area contributed by atoms with Gasteiger partial charge in [0, 0.05) is 50.0 Å². The van der Waals surface area contributed by atoms with Crippen molar-refractivity contribution in [3.8, 4) is 10.7 Å². The number of hydrogen-bond donors (Lipinski definition) is 2. The molecule has 0 spiro atoms. The van der Waals surface area contributed by atoms with Crippen LogP contribution in [0.1, 0.15) is 17.4 Å². The molecule has 0 radical (unpaired) electrons. The summed E-state index contributed by atoms with van der Waals surface area (Å²) in [6.45, 7) is 3.49. The maximum Gasteiger partial charge on any atom is 0.270 e. The number of rotatable bonds is 8. The predicted molar refractivity (Wildman–Crippen MR) is 106 cm³/mol. The van der Waals surface area contributed by atoms with Crippen molar-refractivity contribution in [3.05, 3.63) is 41.4 Å². The Bertz CT molecular complexity index is 947. The number of aromatic nitrogens is 2. The minimum absolute atomic E-state index is 0.121. The summed E-state index contributed by atoms with van der Waals surface area (Å²) >= 11 is 1.43. The Morgan fingerprint density at radius 2 is 2.00 bits per heavy atom. The van der Waals surface area contributed by atoms with Gasteiger partial charge in [0.05, 0.1) is 12.3 Å². The smallest absolute Gasteiger partial charge is 0.270 e. The minimum atomic E-state index is -0.248. The average Bonchev–Trinajstić information content (AvgIpc) is 3.28. The summed E-state index contributed by atoms with van der Waals surface area (Å²) in [5.74, 6) is -0.369. The maximum absolute atomic E-state index is 12.3. The predicted octanol–water partition coefficient (Wildman–Crippen LogP) is 2.28. The Hall–Kier alpha value is -2.71. The lowest BCUT2D eigenvalue weighted by Gasteiger charge is -2.08. The molecule has 2 heterocycles. The number of nitrogens with zero attached hydrogens (tertiary/aromatic N) is 2. The molecule has 0 saturated heterocycles. The van der Waals surface area contributed by atoms with Gasteiger partial charge in [-0.1, -0.05) is 18.2 Å². The van der Waals surface area contributed by atoms with Crippen molar-refractivity contribution in [2.75, 3.05) is 26.8 Å². The van der Waals surface area contributed by atoms with E-state index in [9.17, 15) is 9.59 Å². The summed E-state index contributed by atoms with van der Waals surface area (Å²) < 4.78 is 7.40. The van der Waals surface area contributed by atoms with Crippen LogP contribution in [0.3, 0.4) is 0 Å². The first-order chi connectivity index (χ1) is 13.1. The van der Waals surface area contributed by atoms with Gasteiger partial charge in [-0.25, -0.2) is 4.98 Å². The van der Waals surface area contributed by atoms with Crippen LogP contribution >= 0.6 is 11.3 Å². The van der Waals surface area contributed by atoms with Crippen molar-refractivity contribution in [2.45, 2.75) is 13.5 Å². The fourth-order valence-corrected chi connectivity index (χ4v) is 3.64. The van der Waals surface area contributed by atoms with E-state index < -0.39 is 0 Å².